The van der Waals surface area contributed by atoms with Gasteiger partial charge in [-0.1, -0.05) is 260 Å². The third-order valence-electron chi connectivity index (χ3n) is 18.7. The molecule has 8 heteroatoms. The van der Waals surface area contributed by atoms with E-state index >= 15 is 0 Å². The van der Waals surface area contributed by atoms with E-state index in [0.717, 1.165) is 113 Å². The molecular weight excluding hydrogens is 1130 g/mol. The molecule has 0 spiro atoms. The molecule has 0 N–H and O–H groups in total. The van der Waals surface area contributed by atoms with Gasteiger partial charge in [0.05, 0.1) is 17.1 Å². The first kappa shape index (κ1) is 53.6. The van der Waals surface area contributed by atoms with Crippen LogP contribution in [0.3, 0.4) is 0 Å². The first-order valence-electron chi connectivity index (χ1n) is 31.5. The molecule has 0 radical (unpaired) electrons. The molecule has 430 valence electrons. The van der Waals surface area contributed by atoms with Gasteiger partial charge in [-0.05, 0) is 135 Å². The first-order chi connectivity index (χ1) is 45.7. The fourth-order valence-corrected chi connectivity index (χ4v) is 16.0. The quantitative estimate of drug-likeness (QED) is 0.120. The van der Waals surface area contributed by atoms with Crippen molar-refractivity contribution >= 4 is 126 Å². The summed E-state index contributed by atoms with van der Waals surface area (Å²) in [6.45, 7) is -0.292. The summed E-state index contributed by atoms with van der Waals surface area (Å²) < 4.78 is 7.48. The smallest absolute Gasteiger partial charge is 0.256 e. The van der Waals surface area contributed by atoms with Gasteiger partial charge >= 0.3 is 0 Å². The van der Waals surface area contributed by atoms with E-state index in [-0.39, 0.29) is 13.4 Å². The molecular formula is C84H56B2N4OS. The SMILES string of the molecule is c1ccc(-c2ccccc2N2c3cc4c(cc3B3c5ccccc5Oc5cc(N(c6ccccc6)c6c(-c7ccccc7)cccc6-c6ccccc6)cc2c53)B2c3ccccc3N(c3ccccc3)c3cc(N(c5ccccc5)c5ccccc5)cc(c32)S4)cc1. The van der Waals surface area contributed by atoms with Gasteiger partial charge in [0.2, 0.25) is 6.71 Å². The summed E-state index contributed by atoms with van der Waals surface area (Å²) >= 11 is 1.90. The van der Waals surface area contributed by atoms with E-state index in [9.17, 15) is 0 Å². The molecule has 0 saturated heterocycles. The average Bonchev–Trinajstić information content (AvgIpc) is 0.696. The molecule has 0 aliphatic carbocycles. The molecule has 5 nitrogen and oxygen atoms in total. The molecule has 92 heavy (non-hydrogen) atoms. The van der Waals surface area contributed by atoms with Gasteiger partial charge in [0.1, 0.15) is 11.5 Å². The summed E-state index contributed by atoms with van der Waals surface area (Å²) in [5.41, 5.74) is 27.2. The molecule has 0 unspecified atom stereocenters. The van der Waals surface area contributed by atoms with Crippen LogP contribution in [0.15, 0.2) is 350 Å². The summed E-state index contributed by atoms with van der Waals surface area (Å²) in [6.07, 6.45) is 0. The van der Waals surface area contributed by atoms with Crippen LogP contribution in [0.5, 0.6) is 11.5 Å². The molecule has 14 aromatic carbocycles. The van der Waals surface area contributed by atoms with Gasteiger partial charge in [-0.25, -0.2) is 0 Å². The normalized spacial score (nSPS) is 12.7. The largest absolute Gasteiger partial charge is 0.458 e. The Kier molecular flexibility index (Phi) is 13.0. The lowest BCUT2D eigenvalue weighted by molar-refractivity contribution is 0.487. The Hall–Kier alpha value is -11.4. The number of fused-ring (bicyclic) bond motifs is 8. The predicted molar refractivity (Wildman–Crippen MR) is 388 cm³/mol. The number of hydrogen-bond donors (Lipinski definition) is 0. The fourth-order valence-electron chi connectivity index (χ4n) is 14.8. The minimum Gasteiger partial charge on any atom is -0.458 e. The van der Waals surface area contributed by atoms with Gasteiger partial charge in [0, 0.05) is 83.7 Å². The molecule has 0 aromatic heterocycles. The molecule has 0 saturated carbocycles. The van der Waals surface area contributed by atoms with Crippen molar-refractivity contribution in [3.05, 3.63) is 340 Å². The number of ether oxygens (including phenoxy) is 1. The van der Waals surface area contributed by atoms with Gasteiger partial charge in [-0.3, -0.25) is 0 Å². The Balaban J connectivity index is 0.923. The zero-order valence-corrected chi connectivity index (χ0v) is 50.9. The molecule has 4 aliphatic heterocycles. The van der Waals surface area contributed by atoms with Crippen LogP contribution in [0.1, 0.15) is 0 Å². The summed E-state index contributed by atoms with van der Waals surface area (Å²) in [4.78, 5) is 12.4. The second-order valence-corrected chi connectivity index (χ2v) is 25.0. The van der Waals surface area contributed by atoms with Crippen molar-refractivity contribution in [3.63, 3.8) is 0 Å². The van der Waals surface area contributed by atoms with Crippen molar-refractivity contribution < 1.29 is 4.74 Å². The standard InChI is InChI=1S/C84H56B2N4OS/c1-8-29-57(30-9-1)66-43-22-25-48-73(66)90-75-56-80-72(85-69-46-23-26-49-74(69)89(63-41-20-7-21-42-63)77-52-65(54-81(92-80)83(77)85)87(60-35-14-4-15-36-60)61-37-16-5-17-38-61)55-71(75)86-70-47-24-27-50-78(70)91-79-53-64(51-76(90)82(79)86)88(62-39-18-6-19-40-62)84-67(58-31-10-2-11-32-58)44-28-45-68(84)59-33-12-3-13-34-59/h1-56H. The molecule has 4 aliphatic rings. The zero-order valence-electron chi connectivity index (χ0n) is 50.1. The Labute approximate surface area is 541 Å². The number of anilines is 12. The van der Waals surface area contributed by atoms with Crippen molar-refractivity contribution in [2.45, 2.75) is 9.79 Å². The summed E-state index contributed by atoms with van der Waals surface area (Å²) in [5, 5.41) is 0. The van der Waals surface area contributed by atoms with E-state index < -0.39 is 0 Å². The highest BCUT2D eigenvalue weighted by atomic mass is 32.2. The van der Waals surface area contributed by atoms with Crippen LogP contribution in [-0.4, -0.2) is 13.4 Å². The van der Waals surface area contributed by atoms with Gasteiger partial charge in [-0.2, -0.15) is 0 Å². The van der Waals surface area contributed by atoms with E-state index in [2.05, 4.69) is 359 Å². The lowest BCUT2D eigenvalue weighted by Gasteiger charge is -2.44. The van der Waals surface area contributed by atoms with Crippen LogP contribution in [0.4, 0.5) is 68.2 Å². The number of nitrogens with zero attached hydrogens (tertiary/aromatic N) is 4. The van der Waals surface area contributed by atoms with Crippen molar-refractivity contribution in [1.82, 2.24) is 0 Å². The third kappa shape index (κ3) is 8.81. The molecule has 0 bridgehead atoms. The van der Waals surface area contributed by atoms with Crippen LogP contribution in [0.25, 0.3) is 33.4 Å². The number of rotatable bonds is 11. The number of hydrogen-bond acceptors (Lipinski definition) is 6. The van der Waals surface area contributed by atoms with E-state index in [1.165, 1.54) is 43.0 Å². The average molecular weight is 1190 g/mol. The second-order valence-electron chi connectivity index (χ2n) is 23.9. The van der Waals surface area contributed by atoms with Crippen LogP contribution in [0, 0.1) is 0 Å². The Bertz CT molecular complexity index is 5040. The van der Waals surface area contributed by atoms with Crippen molar-refractivity contribution in [2.24, 2.45) is 0 Å². The van der Waals surface area contributed by atoms with Gasteiger partial charge in [0.15, 0.2) is 0 Å². The zero-order chi connectivity index (χ0) is 60.6. The van der Waals surface area contributed by atoms with Crippen LogP contribution in [-0.2, 0) is 0 Å². The predicted octanol–water partition coefficient (Wildman–Crippen LogP) is 18.8. The Morgan fingerprint density at radius 3 is 1.36 bits per heavy atom. The molecule has 0 atom stereocenters. The van der Waals surface area contributed by atoms with Crippen molar-refractivity contribution in [2.75, 3.05) is 19.6 Å². The highest BCUT2D eigenvalue weighted by Crippen LogP contribution is 2.53. The second kappa shape index (κ2) is 22.2. The van der Waals surface area contributed by atoms with Crippen LogP contribution >= 0.6 is 11.8 Å². The summed E-state index contributed by atoms with van der Waals surface area (Å²) in [5.74, 6) is 1.68. The first-order valence-corrected chi connectivity index (χ1v) is 32.4. The van der Waals surface area contributed by atoms with E-state index in [1.807, 2.05) is 11.8 Å². The van der Waals surface area contributed by atoms with Crippen LogP contribution < -0.4 is 57.1 Å². The van der Waals surface area contributed by atoms with Gasteiger partial charge in [0.25, 0.3) is 6.71 Å². The lowest BCUT2D eigenvalue weighted by atomic mass is 9.31. The summed E-state index contributed by atoms with van der Waals surface area (Å²) in [6, 6.07) is 124. The molecule has 0 amide bonds. The van der Waals surface area contributed by atoms with E-state index in [4.69, 9.17) is 4.74 Å². The van der Waals surface area contributed by atoms with Crippen molar-refractivity contribution in [1.29, 1.82) is 0 Å². The summed E-state index contributed by atoms with van der Waals surface area (Å²) in [7, 11) is 0. The monoisotopic (exact) mass is 1190 g/mol. The van der Waals surface area contributed by atoms with Gasteiger partial charge in [-0.15, -0.1) is 0 Å². The maximum Gasteiger partial charge on any atom is 0.256 e. The lowest BCUT2D eigenvalue weighted by Crippen LogP contribution is -2.63. The van der Waals surface area contributed by atoms with Gasteiger partial charge < -0.3 is 24.3 Å². The fraction of sp³-hybridized carbons (Fsp3) is 0. The van der Waals surface area contributed by atoms with E-state index in [1.54, 1.807) is 0 Å². The minimum atomic E-state index is -0.195. The maximum atomic E-state index is 7.48. The Morgan fingerprint density at radius 2 is 0.739 bits per heavy atom. The third-order valence-corrected chi connectivity index (χ3v) is 19.8. The maximum absolute atomic E-state index is 7.48. The van der Waals surface area contributed by atoms with Crippen LogP contribution in [0.2, 0.25) is 0 Å². The Morgan fingerprint density at radius 1 is 0.272 bits per heavy atom. The number of benzene rings is 14. The highest BCUT2D eigenvalue weighted by molar-refractivity contribution is 8.00. The molecule has 4 heterocycles. The molecule has 0 fully saturated rings. The minimum absolute atomic E-state index is 0.0973. The van der Waals surface area contributed by atoms with Crippen molar-refractivity contribution in [3.8, 4) is 44.9 Å². The van der Waals surface area contributed by atoms with E-state index in [0.29, 0.717) is 0 Å². The molecule has 18 rings (SSSR count). The topological polar surface area (TPSA) is 22.2 Å². The number of para-hydroxylation sites is 8. The highest BCUT2D eigenvalue weighted by Gasteiger charge is 2.47. The molecule has 14 aromatic rings.